The van der Waals surface area contributed by atoms with E-state index in [0.29, 0.717) is 29.0 Å². The van der Waals surface area contributed by atoms with Gasteiger partial charge in [-0.15, -0.1) is 0 Å². The molecule has 0 N–H and O–H groups in total. The molecule has 0 saturated heterocycles. The predicted octanol–water partition coefficient (Wildman–Crippen LogP) is -0.686. The second-order valence-electron chi connectivity index (χ2n) is 1.11. The summed E-state index contributed by atoms with van der Waals surface area (Å²) in [5.74, 6) is 0. The van der Waals surface area contributed by atoms with Crippen molar-refractivity contribution in [3.05, 3.63) is 11.2 Å². The molecule has 0 unspecified atom stereocenters. The minimum absolute atomic E-state index is 0.377. The summed E-state index contributed by atoms with van der Waals surface area (Å²) >= 11 is 3.84. The van der Waals surface area contributed by atoms with E-state index in [2.05, 4.69) is 15.6 Å². The van der Waals surface area contributed by atoms with Crippen LogP contribution in [-0.4, -0.2) is 50.9 Å². The Morgan fingerprint density at radius 2 is 2.50 bits per heavy atom. The van der Waals surface area contributed by atoms with Crippen molar-refractivity contribution < 1.29 is 4.79 Å². The molecule has 1 heterocycles. The Balaban J connectivity index is 3.18. The van der Waals surface area contributed by atoms with Crippen LogP contribution in [0.15, 0.2) is 4.94 Å². The summed E-state index contributed by atoms with van der Waals surface area (Å²) in [6, 6.07) is 0. The molecule has 0 bridgehead atoms. The molecular weight excluding hydrogens is 301 g/mol. The van der Waals surface area contributed by atoms with Gasteiger partial charge in [-0.05, 0) is 0 Å². The summed E-state index contributed by atoms with van der Waals surface area (Å²) in [4.78, 5) is 12.1. The molecule has 0 aliphatic heterocycles. The molecule has 1 nitrogen and oxygen atoms in total. The molecule has 0 spiro atoms. The topological polar surface area (TPSA) is 17.1 Å². The summed E-state index contributed by atoms with van der Waals surface area (Å²) < 4.78 is 2.40. The van der Waals surface area contributed by atoms with Gasteiger partial charge in [-0.1, -0.05) is 0 Å². The van der Waals surface area contributed by atoms with E-state index in [-0.39, 0.29) is 0 Å². The Bertz CT molecular complexity index is 233. The molecule has 0 saturated carbocycles. The van der Waals surface area contributed by atoms with Gasteiger partial charge in [0.05, 0.1) is 0 Å². The van der Waals surface area contributed by atoms with E-state index in [0.717, 1.165) is 10.7 Å². The van der Waals surface area contributed by atoms with Crippen LogP contribution in [0.5, 0.6) is 0 Å². The molecule has 0 aliphatic carbocycles. The van der Waals surface area contributed by atoms with Crippen molar-refractivity contribution in [2.45, 2.75) is 0 Å². The third kappa shape index (κ3) is 1.66. The van der Waals surface area contributed by atoms with E-state index in [9.17, 15) is 4.79 Å². The van der Waals surface area contributed by atoms with E-state index < -0.39 is 0 Å². The average molecular weight is 303 g/mol. The number of carbonyl (C=O) groups is 1. The fourth-order valence-electron chi connectivity index (χ4n) is 0.302. The number of aldehydes is 1. The molecule has 8 heavy (non-hydrogen) atoms. The minimum atomic E-state index is 0.377. The molecule has 0 amide bonds. The normalized spacial score (nSPS) is 9.00. The first kappa shape index (κ1) is 6.95. The van der Waals surface area contributed by atoms with Crippen LogP contribution in [-0.2, 0) is 0 Å². The van der Waals surface area contributed by atoms with Gasteiger partial charge < -0.3 is 0 Å². The Morgan fingerprint density at radius 3 is 2.75 bits per heavy atom. The van der Waals surface area contributed by atoms with Crippen LogP contribution in [0.1, 0.15) is 9.23 Å². The first-order chi connectivity index (χ1) is 3.83. The van der Waals surface area contributed by atoms with Crippen LogP contribution in [0.2, 0.25) is 0 Å². The fraction of sp³-hybridized carbons (Fsp3) is 0. The second-order valence-corrected chi connectivity index (χ2v) is 10.0. The van der Waals surface area contributed by atoms with Crippen LogP contribution in [0.4, 0.5) is 0 Å². The van der Waals surface area contributed by atoms with Crippen molar-refractivity contribution in [3.63, 3.8) is 0 Å². The van der Waals surface area contributed by atoms with Gasteiger partial charge in [0.25, 0.3) is 0 Å². The molecule has 4 heteroatoms. The van der Waals surface area contributed by atoms with E-state index in [1.54, 1.807) is 0 Å². The average Bonchev–Trinajstić information content (AvgIpc) is 2.14. The fourth-order valence-corrected chi connectivity index (χ4v) is 6.29. The first-order valence-electron chi connectivity index (χ1n) is 1.87. The van der Waals surface area contributed by atoms with Crippen molar-refractivity contribution in [3.8, 4) is 0 Å². The molecule has 0 radical (unpaired) electrons. The number of hydrogen-bond donors (Lipinski definition) is 0. The standard InChI is InChI=1S/C4H2OSe3/c5-1-3-2-7-4(6)8-3/h1-2H. The van der Waals surface area contributed by atoms with Gasteiger partial charge in [-0.25, -0.2) is 0 Å². The van der Waals surface area contributed by atoms with Crippen molar-refractivity contribution in [2.24, 2.45) is 0 Å². The van der Waals surface area contributed by atoms with Crippen molar-refractivity contribution in [1.29, 1.82) is 0 Å². The molecule has 0 aromatic carbocycles. The molecule has 42 valence electrons. The summed E-state index contributed by atoms with van der Waals surface area (Å²) in [6.07, 6.45) is 0.964. The Hall–Kier alpha value is 0.838. The van der Waals surface area contributed by atoms with Crippen LogP contribution in [0.25, 0.3) is 0 Å². The van der Waals surface area contributed by atoms with Crippen molar-refractivity contribution in [2.75, 3.05) is 0 Å². The quantitative estimate of drug-likeness (QED) is 0.496. The maximum absolute atomic E-state index is 10.1. The Morgan fingerprint density at radius 1 is 1.75 bits per heavy atom. The molecule has 1 aromatic rings. The van der Waals surface area contributed by atoms with Gasteiger partial charge in [0.2, 0.25) is 0 Å². The van der Waals surface area contributed by atoms with E-state index in [1.165, 1.54) is 1.81 Å². The number of hydrogen-bond acceptors (Lipinski definition) is 1. The van der Waals surface area contributed by atoms with Crippen LogP contribution >= 0.6 is 0 Å². The molecule has 0 atom stereocenters. The second kappa shape index (κ2) is 3.12. The van der Waals surface area contributed by atoms with Gasteiger partial charge in [0.15, 0.2) is 0 Å². The van der Waals surface area contributed by atoms with Gasteiger partial charge in [0, 0.05) is 0 Å². The monoisotopic (exact) mass is 306 g/mol. The summed E-state index contributed by atoms with van der Waals surface area (Å²) in [5, 5.41) is 0. The van der Waals surface area contributed by atoms with E-state index in [1.807, 2.05) is 4.94 Å². The summed E-state index contributed by atoms with van der Waals surface area (Å²) in [7, 11) is 0. The summed E-state index contributed by atoms with van der Waals surface area (Å²) in [6.45, 7) is 0. The van der Waals surface area contributed by atoms with Gasteiger partial charge >= 0.3 is 66.9 Å². The zero-order chi connectivity index (χ0) is 5.98. The zero-order valence-corrected chi connectivity index (χ0v) is 8.93. The zero-order valence-electron chi connectivity index (χ0n) is 3.79. The number of rotatable bonds is 1. The van der Waals surface area contributed by atoms with Crippen LogP contribution in [0, 0.1) is 1.81 Å². The molecule has 0 fully saturated rings. The van der Waals surface area contributed by atoms with Crippen molar-refractivity contribution in [1.82, 2.24) is 0 Å². The molecule has 1 aromatic heterocycles. The van der Waals surface area contributed by atoms with Gasteiger partial charge in [-0.3, -0.25) is 0 Å². The predicted molar refractivity (Wildman–Crippen MR) is 34.7 cm³/mol. The number of carbonyl (C=O) groups excluding carboxylic acids is 1. The van der Waals surface area contributed by atoms with Gasteiger partial charge in [0.1, 0.15) is 0 Å². The third-order valence-corrected chi connectivity index (χ3v) is 7.74. The molecule has 0 aliphatic rings. The summed E-state index contributed by atoms with van der Waals surface area (Å²) in [5.41, 5.74) is 0. The molecule has 1 rings (SSSR count). The van der Waals surface area contributed by atoms with Gasteiger partial charge in [-0.2, -0.15) is 0 Å². The third-order valence-electron chi connectivity index (χ3n) is 0.589. The maximum atomic E-state index is 10.1. The van der Waals surface area contributed by atoms with Crippen molar-refractivity contribution >= 4 is 50.9 Å². The van der Waals surface area contributed by atoms with Crippen LogP contribution < -0.4 is 0 Å². The van der Waals surface area contributed by atoms with E-state index in [4.69, 9.17) is 0 Å². The van der Waals surface area contributed by atoms with Crippen LogP contribution in [0.3, 0.4) is 0 Å². The molecular formula is C4H2OSe3. The first-order valence-corrected chi connectivity index (χ1v) is 6.28. The SMILES string of the molecule is O=Cc1c[se]c(=[Se])[se]1. The Labute approximate surface area is 66.6 Å². The Kier molecular flexibility index (Phi) is 2.71. The van der Waals surface area contributed by atoms with E-state index >= 15 is 0 Å².